The van der Waals surface area contributed by atoms with Gasteiger partial charge in [0.1, 0.15) is 5.75 Å². The van der Waals surface area contributed by atoms with Gasteiger partial charge < -0.3 is 20.9 Å². The van der Waals surface area contributed by atoms with Crippen molar-refractivity contribution < 1.29 is 19.4 Å². The van der Waals surface area contributed by atoms with E-state index in [1.54, 1.807) is 47.7 Å². The third-order valence-electron chi connectivity index (χ3n) is 5.88. The molecule has 4 aromatic rings. The minimum atomic E-state index is -1.06. The summed E-state index contributed by atoms with van der Waals surface area (Å²) in [7, 11) is 0. The zero-order valence-corrected chi connectivity index (χ0v) is 19.0. The molecule has 0 radical (unpaired) electrons. The number of anilines is 1. The lowest BCUT2D eigenvalue weighted by atomic mass is 9.92. The SMILES string of the molecule is NCc1ccc(NC(=O)c2cc3c(cc2-c2ccccc2C(=O)O)OCCc2ccsc2-3)cc1. The number of carbonyl (C=O) groups is 2. The lowest BCUT2D eigenvalue weighted by Gasteiger charge is -2.17. The van der Waals surface area contributed by atoms with Gasteiger partial charge in [0.05, 0.1) is 12.2 Å². The molecule has 3 aromatic carbocycles. The highest BCUT2D eigenvalue weighted by atomic mass is 32.1. The highest BCUT2D eigenvalue weighted by Crippen LogP contribution is 2.43. The number of nitrogens with one attached hydrogen (secondary N) is 1. The number of hydrogen-bond acceptors (Lipinski definition) is 5. The molecule has 170 valence electrons. The summed E-state index contributed by atoms with van der Waals surface area (Å²) in [5.74, 6) is -0.753. The number of carboxylic acids is 1. The minimum absolute atomic E-state index is 0.120. The number of rotatable bonds is 5. The number of hydrogen-bond donors (Lipinski definition) is 3. The van der Waals surface area contributed by atoms with Gasteiger partial charge >= 0.3 is 5.97 Å². The van der Waals surface area contributed by atoms with Crippen LogP contribution in [-0.2, 0) is 13.0 Å². The topological polar surface area (TPSA) is 102 Å². The van der Waals surface area contributed by atoms with Crippen molar-refractivity contribution in [2.45, 2.75) is 13.0 Å². The summed E-state index contributed by atoms with van der Waals surface area (Å²) in [6, 6.07) is 19.7. The molecule has 0 saturated heterocycles. The van der Waals surface area contributed by atoms with Crippen molar-refractivity contribution in [2.75, 3.05) is 11.9 Å². The molecule has 1 aliphatic rings. The molecule has 2 heterocycles. The average molecular weight is 471 g/mol. The second-order valence-corrected chi connectivity index (χ2v) is 8.89. The van der Waals surface area contributed by atoms with Gasteiger partial charge in [-0.25, -0.2) is 4.79 Å². The zero-order chi connectivity index (χ0) is 23.7. The molecular weight excluding hydrogens is 448 g/mol. The number of ether oxygens (including phenoxy) is 1. The van der Waals surface area contributed by atoms with Crippen molar-refractivity contribution in [3.05, 3.63) is 94.4 Å². The number of fused-ring (bicyclic) bond motifs is 3. The first-order valence-corrected chi connectivity index (χ1v) is 11.7. The molecule has 0 bridgehead atoms. The molecule has 0 atom stereocenters. The van der Waals surface area contributed by atoms with Gasteiger partial charge in [0, 0.05) is 34.7 Å². The highest BCUT2D eigenvalue weighted by Gasteiger charge is 2.24. The molecule has 0 aliphatic carbocycles. The van der Waals surface area contributed by atoms with Crippen LogP contribution in [0.2, 0.25) is 0 Å². The van der Waals surface area contributed by atoms with E-state index in [4.69, 9.17) is 10.5 Å². The molecule has 1 amide bonds. The Morgan fingerprint density at radius 3 is 2.53 bits per heavy atom. The summed E-state index contributed by atoms with van der Waals surface area (Å²) >= 11 is 1.60. The van der Waals surface area contributed by atoms with Crippen molar-refractivity contribution in [1.82, 2.24) is 0 Å². The van der Waals surface area contributed by atoms with Crippen molar-refractivity contribution >= 4 is 28.9 Å². The maximum atomic E-state index is 13.5. The van der Waals surface area contributed by atoms with Gasteiger partial charge in [-0.1, -0.05) is 30.3 Å². The Morgan fingerprint density at radius 2 is 1.76 bits per heavy atom. The third-order valence-corrected chi connectivity index (χ3v) is 6.87. The number of aromatic carboxylic acids is 1. The Morgan fingerprint density at radius 1 is 0.971 bits per heavy atom. The molecule has 0 spiro atoms. The summed E-state index contributed by atoms with van der Waals surface area (Å²) in [6.07, 6.45) is 0.767. The van der Waals surface area contributed by atoms with Crippen LogP contribution in [0.25, 0.3) is 21.6 Å². The number of thiophene rings is 1. The van der Waals surface area contributed by atoms with Gasteiger partial charge in [0.25, 0.3) is 5.91 Å². The molecule has 5 rings (SSSR count). The maximum Gasteiger partial charge on any atom is 0.336 e. The number of carbonyl (C=O) groups excluding carboxylic acids is 1. The summed E-state index contributed by atoms with van der Waals surface area (Å²) in [4.78, 5) is 26.6. The first-order chi connectivity index (χ1) is 16.5. The van der Waals surface area contributed by atoms with Crippen LogP contribution in [-0.4, -0.2) is 23.6 Å². The maximum absolute atomic E-state index is 13.5. The first kappa shape index (κ1) is 21.9. The van der Waals surface area contributed by atoms with Gasteiger partial charge in [-0.3, -0.25) is 4.79 Å². The second-order valence-electron chi connectivity index (χ2n) is 7.97. The van der Waals surface area contributed by atoms with E-state index < -0.39 is 5.97 Å². The summed E-state index contributed by atoms with van der Waals surface area (Å²) in [6.45, 7) is 0.925. The van der Waals surface area contributed by atoms with Crippen LogP contribution in [0.4, 0.5) is 5.69 Å². The van der Waals surface area contributed by atoms with E-state index in [2.05, 4.69) is 11.4 Å². The van der Waals surface area contributed by atoms with Crippen LogP contribution >= 0.6 is 11.3 Å². The van der Waals surface area contributed by atoms with Crippen LogP contribution in [0.5, 0.6) is 5.75 Å². The van der Waals surface area contributed by atoms with Gasteiger partial charge in [0.15, 0.2) is 0 Å². The minimum Gasteiger partial charge on any atom is -0.493 e. The van der Waals surface area contributed by atoms with E-state index in [-0.39, 0.29) is 11.5 Å². The van der Waals surface area contributed by atoms with Gasteiger partial charge in [-0.05, 0) is 64.0 Å². The van der Waals surface area contributed by atoms with Gasteiger partial charge in [0.2, 0.25) is 0 Å². The molecule has 6 nitrogen and oxygen atoms in total. The first-order valence-electron chi connectivity index (χ1n) is 10.9. The van der Waals surface area contributed by atoms with Crippen molar-refractivity contribution in [2.24, 2.45) is 5.73 Å². The van der Waals surface area contributed by atoms with Gasteiger partial charge in [-0.15, -0.1) is 11.3 Å². The standard InChI is InChI=1S/C27H22N2O4S/c28-15-16-5-7-18(8-6-16)29-26(30)22-13-23-24(33-11-9-17-10-12-34-25(17)23)14-21(22)19-3-1-2-4-20(19)27(31)32/h1-8,10,12-14H,9,11,15,28H2,(H,29,30)(H,31,32). The fraction of sp³-hybridized carbons (Fsp3) is 0.111. The molecule has 7 heteroatoms. The molecule has 34 heavy (non-hydrogen) atoms. The number of carboxylic acid groups (broad SMARTS) is 1. The van der Waals surface area contributed by atoms with Crippen molar-refractivity contribution in [3.8, 4) is 27.3 Å². The van der Waals surface area contributed by atoms with E-state index in [9.17, 15) is 14.7 Å². The fourth-order valence-corrected chi connectivity index (χ4v) is 5.13. The molecule has 0 saturated carbocycles. The lowest BCUT2D eigenvalue weighted by molar-refractivity contribution is 0.0697. The predicted molar refractivity (Wildman–Crippen MR) is 134 cm³/mol. The molecular formula is C27H22N2O4S. The number of nitrogens with two attached hydrogens (primary N) is 1. The van der Waals surface area contributed by atoms with E-state index >= 15 is 0 Å². The summed E-state index contributed by atoms with van der Waals surface area (Å²) in [5.41, 5.74) is 10.7. The van der Waals surface area contributed by atoms with E-state index in [0.29, 0.717) is 41.3 Å². The molecule has 4 N–H and O–H groups in total. The average Bonchev–Trinajstić information content (AvgIpc) is 3.25. The monoisotopic (exact) mass is 470 g/mol. The predicted octanol–water partition coefficient (Wildman–Crippen LogP) is 5.43. The van der Waals surface area contributed by atoms with E-state index in [1.165, 1.54) is 11.6 Å². The number of amides is 1. The fourth-order valence-electron chi connectivity index (χ4n) is 4.15. The smallest absolute Gasteiger partial charge is 0.336 e. The van der Waals surface area contributed by atoms with Crippen LogP contribution in [0.15, 0.2) is 72.1 Å². The van der Waals surface area contributed by atoms with Crippen LogP contribution in [0.1, 0.15) is 31.8 Å². The third kappa shape index (κ3) is 4.07. The Hall–Kier alpha value is -3.94. The Kier molecular flexibility index (Phi) is 5.88. The number of benzene rings is 3. The molecule has 1 aliphatic heterocycles. The van der Waals surface area contributed by atoms with Crippen LogP contribution in [0.3, 0.4) is 0 Å². The normalized spacial score (nSPS) is 12.1. The lowest BCUT2D eigenvalue weighted by Crippen LogP contribution is -2.14. The quantitative estimate of drug-likeness (QED) is 0.361. The molecule has 1 aromatic heterocycles. The van der Waals surface area contributed by atoms with Crippen molar-refractivity contribution in [3.63, 3.8) is 0 Å². The molecule has 0 unspecified atom stereocenters. The molecule has 0 fully saturated rings. The Labute approximate surface area is 200 Å². The van der Waals surface area contributed by atoms with Crippen molar-refractivity contribution in [1.29, 1.82) is 0 Å². The van der Waals surface area contributed by atoms with E-state index in [0.717, 1.165) is 22.4 Å². The summed E-state index contributed by atoms with van der Waals surface area (Å²) < 4.78 is 6.05. The Balaban J connectivity index is 1.67. The Bertz CT molecular complexity index is 1390. The van der Waals surface area contributed by atoms with Crippen LogP contribution in [0, 0.1) is 0 Å². The van der Waals surface area contributed by atoms with Crippen LogP contribution < -0.4 is 15.8 Å². The van der Waals surface area contributed by atoms with Gasteiger partial charge in [-0.2, -0.15) is 0 Å². The van der Waals surface area contributed by atoms with E-state index in [1.807, 2.05) is 23.6 Å². The second kappa shape index (κ2) is 9.13. The largest absolute Gasteiger partial charge is 0.493 e. The zero-order valence-electron chi connectivity index (χ0n) is 18.2. The highest BCUT2D eigenvalue weighted by molar-refractivity contribution is 7.13. The summed E-state index contributed by atoms with van der Waals surface area (Å²) in [5, 5.41) is 14.8.